The van der Waals surface area contributed by atoms with Crippen LogP contribution in [0.2, 0.25) is 0 Å². The molecule has 0 aliphatic carbocycles. The number of piperidine rings is 1. The molecule has 1 aliphatic rings. The molecule has 1 fully saturated rings. The molecule has 0 saturated carbocycles. The minimum atomic E-state index is 0.477. The summed E-state index contributed by atoms with van der Waals surface area (Å²) in [5.74, 6) is 0.784. The maximum absolute atomic E-state index is 3.63. The van der Waals surface area contributed by atoms with Gasteiger partial charge in [-0.25, -0.2) is 0 Å². The lowest BCUT2D eigenvalue weighted by molar-refractivity contribution is 0.134. The number of hydrogen-bond acceptors (Lipinski definition) is 3. The molecule has 1 N–H and O–H groups in total. The van der Waals surface area contributed by atoms with E-state index in [4.69, 9.17) is 0 Å². The summed E-state index contributed by atoms with van der Waals surface area (Å²) in [4.78, 5) is 2.70. The second-order valence-corrected chi connectivity index (χ2v) is 7.03. The van der Waals surface area contributed by atoms with Gasteiger partial charge in [0.25, 0.3) is 0 Å². The first-order valence-corrected chi connectivity index (χ1v) is 8.84. The average molecular weight is 273 g/mol. The third-order valence-electron chi connectivity index (χ3n) is 4.69. The van der Waals surface area contributed by atoms with E-state index in [2.05, 4.69) is 55.9 Å². The molecule has 2 nitrogen and oxygen atoms in total. The zero-order chi connectivity index (χ0) is 13.6. The number of rotatable bonds is 7. The van der Waals surface area contributed by atoms with Crippen LogP contribution >= 0.6 is 11.8 Å². The maximum Gasteiger partial charge on any atom is 0.0279 e. The largest absolute Gasteiger partial charge is 0.314 e. The van der Waals surface area contributed by atoms with E-state index in [0.29, 0.717) is 4.75 Å². The monoisotopic (exact) mass is 272 g/mol. The molecule has 2 unspecified atom stereocenters. The molecule has 0 aromatic heterocycles. The van der Waals surface area contributed by atoms with Crippen LogP contribution < -0.4 is 5.32 Å². The van der Waals surface area contributed by atoms with Gasteiger partial charge in [-0.15, -0.1) is 0 Å². The molecule has 1 saturated heterocycles. The molecule has 0 aromatic rings. The van der Waals surface area contributed by atoms with Gasteiger partial charge in [0.2, 0.25) is 0 Å². The Hall–Kier alpha value is 0.270. The molecule has 1 rings (SSSR count). The van der Waals surface area contributed by atoms with Gasteiger partial charge >= 0.3 is 0 Å². The Kier molecular flexibility index (Phi) is 7.04. The highest BCUT2D eigenvalue weighted by atomic mass is 32.2. The van der Waals surface area contributed by atoms with Crippen LogP contribution in [0.3, 0.4) is 0 Å². The predicted octanol–water partition coefficient (Wildman–Crippen LogP) is 3.23. The van der Waals surface area contributed by atoms with E-state index in [9.17, 15) is 0 Å². The first-order chi connectivity index (χ1) is 8.60. The molecule has 0 spiro atoms. The van der Waals surface area contributed by atoms with Crippen molar-refractivity contribution in [2.24, 2.45) is 5.92 Å². The molecule has 0 aromatic carbocycles. The standard InChI is InChI=1S/C15H32N2S/c1-6-15(7-2,18-5)12-17-10-9-14(16-8-3)13(4)11-17/h13-14,16H,6-12H2,1-5H3. The van der Waals surface area contributed by atoms with Gasteiger partial charge in [-0.05, 0) is 44.5 Å². The van der Waals surface area contributed by atoms with E-state index in [1.807, 2.05) is 0 Å². The predicted molar refractivity (Wildman–Crippen MR) is 84.5 cm³/mol. The summed E-state index contributed by atoms with van der Waals surface area (Å²) in [6, 6.07) is 0.734. The summed E-state index contributed by atoms with van der Waals surface area (Å²) in [5, 5.41) is 3.63. The minimum Gasteiger partial charge on any atom is -0.314 e. The van der Waals surface area contributed by atoms with Gasteiger partial charge in [0, 0.05) is 23.9 Å². The van der Waals surface area contributed by atoms with E-state index in [1.165, 1.54) is 38.9 Å². The molecular weight excluding hydrogens is 240 g/mol. The van der Waals surface area contributed by atoms with Crippen molar-refractivity contribution in [2.45, 2.75) is 57.7 Å². The maximum atomic E-state index is 3.63. The van der Waals surface area contributed by atoms with Crippen molar-refractivity contribution in [1.29, 1.82) is 0 Å². The first kappa shape index (κ1) is 16.3. The van der Waals surface area contributed by atoms with Crippen molar-refractivity contribution < 1.29 is 0 Å². The highest BCUT2D eigenvalue weighted by molar-refractivity contribution is 8.00. The van der Waals surface area contributed by atoms with Gasteiger partial charge in [-0.3, -0.25) is 0 Å². The second-order valence-electron chi connectivity index (χ2n) is 5.76. The Balaban J connectivity index is 2.50. The first-order valence-electron chi connectivity index (χ1n) is 7.61. The zero-order valence-corrected chi connectivity index (χ0v) is 13.8. The molecule has 0 amide bonds. The lowest BCUT2D eigenvalue weighted by Crippen LogP contribution is -2.51. The SMILES string of the molecule is CCNC1CCN(CC(CC)(CC)SC)CC1C. The lowest BCUT2D eigenvalue weighted by Gasteiger charge is -2.42. The molecule has 2 atom stereocenters. The van der Waals surface area contributed by atoms with Crippen LogP contribution in [0.15, 0.2) is 0 Å². The number of hydrogen-bond donors (Lipinski definition) is 1. The summed E-state index contributed by atoms with van der Waals surface area (Å²) in [7, 11) is 0. The number of nitrogens with one attached hydrogen (secondary N) is 1. The summed E-state index contributed by atoms with van der Waals surface area (Å²) in [5.41, 5.74) is 0. The van der Waals surface area contributed by atoms with Crippen LogP contribution in [0.4, 0.5) is 0 Å². The molecule has 1 aliphatic heterocycles. The van der Waals surface area contributed by atoms with Crippen LogP contribution in [0.1, 0.15) is 47.0 Å². The van der Waals surface area contributed by atoms with Gasteiger partial charge in [-0.2, -0.15) is 11.8 Å². The fourth-order valence-electron chi connectivity index (χ4n) is 3.18. The molecule has 0 radical (unpaired) electrons. The van der Waals surface area contributed by atoms with E-state index in [1.54, 1.807) is 0 Å². The molecular formula is C15H32N2S. The van der Waals surface area contributed by atoms with Gasteiger partial charge in [0.15, 0.2) is 0 Å². The molecule has 3 heteroatoms. The van der Waals surface area contributed by atoms with Crippen LogP contribution in [0.5, 0.6) is 0 Å². The van der Waals surface area contributed by atoms with Crippen molar-refractivity contribution in [3.8, 4) is 0 Å². The number of nitrogens with zero attached hydrogens (tertiary/aromatic N) is 1. The zero-order valence-electron chi connectivity index (χ0n) is 13.0. The summed E-state index contributed by atoms with van der Waals surface area (Å²) in [6.07, 6.45) is 6.16. The molecule has 0 bridgehead atoms. The molecule has 108 valence electrons. The van der Waals surface area contributed by atoms with Crippen molar-refractivity contribution in [3.05, 3.63) is 0 Å². The van der Waals surface area contributed by atoms with E-state index < -0.39 is 0 Å². The van der Waals surface area contributed by atoms with E-state index in [-0.39, 0.29) is 0 Å². The van der Waals surface area contributed by atoms with Crippen LogP contribution in [-0.2, 0) is 0 Å². The number of likely N-dealkylation sites (tertiary alicyclic amines) is 1. The van der Waals surface area contributed by atoms with Crippen molar-refractivity contribution in [2.75, 3.05) is 32.4 Å². The fraction of sp³-hybridized carbons (Fsp3) is 1.00. The molecule has 18 heavy (non-hydrogen) atoms. The Labute approximate surface area is 118 Å². The van der Waals surface area contributed by atoms with Crippen LogP contribution in [0.25, 0.3) is 0 Å². The van der Waals surface area contributed by atoms with Crippen LogP contribution in [0, 0.1) is 5.92 Å². The Morgan fingerprint density at radius 3 is 2.39 bits per heavy atom. The highest BCUT2D eigenvalue weighted by Gasteiger charge is 2.32. The minimum absolute atomic E-state index is 0.477. The van der Waals surface area contributed by atoms with Gasteiger partial charge in [-0.1, -0.05) is 27.7 Å². The third-order valence-corrected chi connectivity index (χ3v) is 6.26. The Morgan fingerprint density at radius 1 is 1.28 bits per heavy atom. The van der Waals surface area contributed by atoms with E-state index >= 15 is 0 Å². The summed E-state index contributed by atoms with van der Waals surface area (Å²) < 4.78 is 0.477. The Bertz CT molecular complexity index is 220. The summed E-state index contributed by atoms with van der Waals surface area (Å²) in [6.45, 7) is 14.2. The summed E-state index contributed by atoms with van der Waals surface area (Å²) >= 11 is 2.07. The van der Waals surface area contributed by atoms with Gasteiger partial charge in [0.05, 0.1) is 0 Å². The van der Waals surface area contributed by atoms with Crippen molar-refractivity contribution in [3.63, 3.8) is 0 Å². The van der Waals surface area contributed by atoms with Crippen molar-refractivity contribution in [1.82, 2.24) is 10.2 Å². The second kappa shape index (κ2) is 7.76. The average Bonchev–Trinajstić information content (AvgIpc) is 2.39. The van der Waals surface area contributed by atoms with E-state index in [0.717, 1.165) is 18.5 Å². The topological polar surface area (TPSA) is 15.3 Å². The normalized spacial score (nSPS) is 26.5. The fourth-order valence-corrected chi connectivity index (χ4v) is 4.06. The quantitative estimate of drug-likeness (QED) is 0.766. The van der Waals surface area contributed by atoms with Crippen LogP contribution in [-0.4, -0.2) is 48.1 Å². The third kappa shape index (κ3) is 4.14. The molecule has 1 heterocycles. The van der Waals surface area contributed by atoms with Gasteiger partial charge in [0.1, 0.15) is 0 Å². The Morgan fingerprint density at radius 2 is 1.94 bits per heavy atom. The van der Waals surface area contributed by atoms with Gasteiger partial charge < -0.3 is 10.2 Å². The number of thioether (sulfide) groups is 1. The van der Waals surface area contributed by atoms with Crippen molar-refractivity contribution >= 4 is 11.8 Å². The lowest BCUT2D eigenvalue weighted by atomic mass is 9.92. The highest BCUT2D eigenvalue weighted by Crippen LogP contribution is 2.32. The smallest absolute Gasteiger partial charge is 0.0279 e.